The highest BCUT2D eigenvalue weighted by atomic mass is 35.6. The zero-order valence-corrected chi connectivity index (χ0v) is 15.3. The Morgan fingerprint density at radius 2 is 1.40 bits per heavy atom. The van der Waals surface area contributed by atoms with Crippen LogP contribution in [0.1, 0.15) is 11.3 Å². The first-order valence-corrected chi connectivity index (χ1v) is 7.97. The molecule has 0 saturated carbocycles. The van der Waals surface area contributed by atoms with Crippen molar-refractivity contribution >= 4 is 104 Å². The van der Waals surface area contributed by atoms with E-state index in [1.807, 2.05) is 0 Å². The molecule has 0 atom stereocenters. The Hall–Kier alpha value is 0.950. The van der Waals surface area contributed by atoms with Crippen molar-refractivity contribution in [2.45, 2.75) is 7.59 Å². The van der Waals surface area contributed by atoms with E-state index in [1.54, 1.807) is 6.07 Å². The number of nitrogens with zero attached hydrogens (tertiary/aromatic N) is 1. The Morgan fingerprint density at radius 3 is 1.90 bits per heavy atom. The van der Waals surface area contributed by atoms with Crippen molar-refractivity contribution in [1.82, 2.24) is 4.98 Å². The van der Waals surface area contributed by atoms with Crippen LogP contribution in [0.2, 0.25) is 10.0 Å². The van der Waals surface area contributed by atoms with Crippen LogP contribution in [0.5, 0.6) is 0 Å². The van der Waals surface area contributed by atoms with E-state index in [9.17, 15) is 0 Å². The Morgan fingerprint density at radius 1 is 0.800 bits per heavy atom. The van der Waals surface area contributed by atoms with Crippen molar-refractivity contribution in [2.75, 3.05) is 0 Å². The molecule has 1 heterocycles. The molecule has 0 saturated heterocycles. The minimum atomic E-state index is -1.76. The molecule has 0 spiro atoms. The van der Waals surface area contributed by atoms with Gasteiger partial charge in [-0.25, -0.2) is 4.98 Å². The van der Waals surface area contributed by atoms with Crippen LogP contribution in [-0.4, -0.2) is 4.98 Å². The van der Waals surface area contributed by atoms with E-state index < -0.39 is 7.59 Å². The molecule has 0 radical (unpaired) electrons. The van der Waals surface area contributed by atoms with Crippen LogP contribution in [0.25, 0.3) is 10.9 Å². The molecule has 0 aliphatic rings. The van der Waals surface area contributed by atoms with Gasteiger partial charge in [0.05, 0.1) is 21.3 Å². The maximum absolute atomic E-state index is 6.17. The van der Waals surface area contributed by atoms with Gasteiger partial charge in [0.2, 0.25) is 7.59 Å². The van der Waals surface area contributed by atoms with E-state index in [1.165, 1.54) is 12.1 Å². The summed E-state index contributed by atoms with van der Waals surface area (Å²) in [6.07, 6.45) is 0. The van der Waals surface area contributed by atoms with Crippen molar-refractivity contribution in [3.63, 3.8) is 0 Å². The van der Waals surface area contributed by atoms with E-state index in [4.69, 9.17) is 92.8 Å². The maximum atomic E-state index is 6.17. The molecule has 1 aromatic heterocycles. The van der Waals surface area contributed by atoms with Crippen LogP contribution >= 0.6 is 92.8 Å². The van der Waals surface area contributed by atoms with Gasteiger partial charge in [0, 0.05) is 10.9 Å². The second-order valence-electron chi connectivity index (χ2n) is 3.80. The van der Waals surface area contributed by atoms with Crippen LogP contribution in [0.15, 0.2) is 18.2 Å². The SMILES string of the molecule is Clc1ccc(C(Cl)(Cl)Cl)c2nc(C(Cl)(Cl)Cl)cc(Cl)c12. The molecule has 0 aliphatic heterocycles. The number of rotatable bonds is 0. The molecule has 9 heteroatoms. The molecule has 0 unspecified atom stereocenters. The van der Waals surface area contributed by atoms with Crippen molar-refractivity contribution in [3.05, 3.63) is 39.5 Å². The zero-order chi connectivity index (χ0) is 15.3. The molecule has 0 fully saturated rings. The number of benzene rings is 1. The molecular weight excluding hydrogens is 430 g/mol. The average Bonchev–Trinajstić information content (AvgIpc) is 2.25. The Bertz CT molecular complexity index is 671. The van der Waals surface area contributed by atoms with Crippen LogP contribution in [0.4, 0.5) is 0 Å². The molecule has 0 aliphatic carbocycles. The summed E-state index contributed by atoms with van der Waals surface area (Å²) in [6, 6.07) is 4.50. The number of alkyl halides is 6. The quantitative estimate of drug-likeness (QED) is 0.401. The lowest BCUT2D eigenvalue weighted by atomic mass is 10.1. The predicted octanol–water partition coefficient (Wildman–Crippen LogP) is 7.19. The van der Waals surface area contributed by atoms with Gasteiger partial charge in [0.15, 0.2) is 0 Å². The number of aromatic nitrogens is 1. The fourth-order valence-corrected chi connectivity index (χ4v) is 2.97. The third kappa shape index (κ3) is 3.47. The average molecular weight is 433 g/mol. The highest BCUT2D eigenvalue weighted by molar-refractivity contribution is 6.67. The first-order chi connectivity index (χ1) is 9.01. The number of hydrogen-bond donors (Lipinski definition) is 0. The van der Waals surface area contributed by atoms with Crippen molar-refractivity contribution in [2.24, 2.45) is 0 Å². The minimum absolute atomic E-state index is 0.109. The van der Waals surface area contributed by atoms with Gasteiger partial charge in [0.25, 0.3) is 0 Å². The Balaban J connectivity index is 2.92. The molecule has 1 aromatic carbocycles. The van der Waals surface area contributed by atoms with Gasteiger partial charge in [0.1, 0.15) is 0 Å². The Kier molecular flexibility index (Phi) is 5.08. The van der Waals surface area contributed by atoms with Gasteiger partial charge in [-0.05, 0) is 12.1 Å². The summed E-state index contributed by atoms with van der Waals surface area (Å²) >= 11 is 47.5. The highest BCUT2D eigenvalue weighted by Gasteiger charge is 2.31. The topological polar surface area (TPSA) is 12.9 Å². The molecule has 2 aromatic rings. The van der Waals surface area contributed by atoms with Gasteiger partial charge in [-0.15, -0.1) is 0 Å². The summed E-state index contributed by atoms with van der Waals surface area (Å²) in [6.45, 7) is 0. The van der Waals surface area contributed by atoms with Gasteiger partial charge < -0.3 is 0 Å². The number of halogens is 8. The standard InChI is InChI=1S/C11H3Cl8N/c12-5-2-1-4(10(14,15)16)9-8(5)6(13)3-7(20-9)11(17,18)19/h1-3H. The summed E-state index contributed by atoms with van der Waals surface area (Å²) in [4.78, 5) is 4.22. The molecule has 0 N–H and O–H groups in total. The molecule has 108 valence electrons. The van der Waals surface area contributed by atoms with Crippen LogP contribution in [-0.2, 0) is 7.59 Å². The largest absolute Gasteiger partial charge is 0.248 e. The third-order valence-electron chi connectivity index (χ3n) is 2.46. The first-order valence-electron chi connectivity index (χ1n) is 4.95. The molecule has 2 rings (SSSR count). The van der Waals surface area contributed by atoms with Crippen molar-refractivity contribution in [3.8, 4) is 0 Å². The van der Waals surface area contributed by atoms with Crippen LogP contribution in [0, 0.1) is 0 Å². The van der Waals surface area contributed by atoms with Gasteiger partial charge in [-0.1, -0.05) is 98.9 Å². The summed E-state index contributed by atoms with van der Waals surface area (Å²) in [5, 5.41) is 1.03. The fourth-order valence-electron chi connectivity index (χ4n) is 1.63. The van der Waals surface area contributed by atoms with E-state index in [-0.39, 0.29) is 16.2 Å². The predicted molar refractivity (Wildman–Crippen MR) is 90.2 cm³/mol. The number of hydrogen-bond acceptors (Lipinski definition) is 1. The monoisotopic (exact) mass is 429 g/mol. The second kappa shape index (κ2) is 5.86. The van der Waals surface area contributed by atoms with Crippen LogP contribution in [0.3, 0.4) is 0 Å². The lowest BCUT2D eigenvalue weighted by Crippen LogP contribution is -2.08. The molecule has 20 heavy (non-hydrogen) atoms. The molecule has 0 amide bonds. The summed E-state index contributed by atoms with van der Waals surface area (Å²) in [5.74, 6) is 0. The normalized spacial score (nSPS) is 13.0. The lowest BCUT2D eigenvalue weighted by Gasteiger charge is -2.18. The summed E-state index contributed by atoms with van der Waals surface area (Å²) in [5.41, 5.74) is 0.670. The minimum Gasteiger partial charge on any atom is -0.248 e. The van der Waals surface area contributed by atoms with Gasteiger partial charge in [-0.2, -0.15) is 0 Å². The first kappa shape index (κ1) is 17.3. The van der Waals surface area contributed by atoms with E-state index in [2.05, 4.69) is 4.98 Å². The van der Waals surface area contributed by atoms with Crippen molar-refractivity contribution < 1.29 is 0 Å². The van der Waals surface area contributed by atoms with E-state index in [0.717, 1.165) is 0 Å². The van der Waals surface area contributed by atoms with E-state index in [0.29, 0.717) is 16.0 Å². The highest BCUT2D eigenvalue weighted by Crippen LogP contribution is 2.46. The second-order valence-corrected chi connectivity index (χ2v) is 9.18. The lowest BCUT2D eigenvalue weighted by molar-refractivity contribution is 1.10. The third-order valence-corrected chi connectivity index (χ3v) is 4.26. The smallest absolute Gasteiger partial charge is 0.232 e. The van der Waals surface area contributed by atoms with E-state index >= 15 is 0 Å². The fraction of sp³-hybridized carbons (Fsp3) is 0.182. The maximum Gasteiger partial charge on any atom is 0.232 e. The number of pyridine rings is 1. The summed E-state index contributed by atoms with van der Waals surface area (Å²) < 4.78 is -3.48. The molecule has 1 nitrogen and oxygen atoms in total. The number of fused-ring (bicyclic) bond motifs is 1. The van der Waals surface area contributed by atoms with Gasteiger partial charge in [-0.3, -0.25) is 0 Å². The zero-order valence-electron chi connectivity index (χ0n) is 9.20. The molecule has 0 bridgehead atoms. The van der Waals surface area contributed by atoms with Crippen LogP contribution < -0.4 is 0 Å². The Labute approximate surface area is 154 Å². The van der Waals surface area contributed by atoms with Gasteiger partial charge >= 0.3 is 0 Å². The van der Waals surface area contributed by atoms with Crippen molar-refractivity contribution in [1.29, 1.82) is 0 Å². The molecular formula is C11H3Cl8N. The summed E-state index contributed by atoms with van der Waals surface area (Å²) in [7, 11) is 0.